The average molecular weight is 619 g/mol. The van der Waals surface area contributed by atoms with Gasteiger partial charge in [-0.25, -0.2) is 4.39 Å². The first-order valence-corrected chi connectivity index (χ1v) is 14.0. The van der Waals surface area contributed by atoms with E-state index in [1.54, 1.807) is 4.57 Å². The van der Waals surface area contributed by atoms with Gasteiger partial charge in [-0.1, -0.05) is 19.9 Å². The summed E-state index contributed by atoms with van der Waals surface area (Å²) in [5.41, 5.74) is -0.0477. The molecule has 0 unspecified atom stereocenters. The van der Waals surface area contributed by atoms with Crippen LogP contribution in [0.5, 0.6) is 11.5 Å². The number of fused-ring (bicyclic) bond motifs is 2. The Kier molecular flexibility index (Phi) is 8.40. The fraction of sp³-hybridized carbons (Fsp3) is 0.500. The summed E-state index contributed by atoms with van der Waals surface area (Å²) in [6, 6.07) is 8.75. The zero-order valence-corrected chi connectivity index (χ0v) is 23.8. The predicted molar refractivity (Wildman–Crippen MR) is 159 cm³/mol. The van der Waals surface area contributed by atoms with Crippen molar-refractivity contribution < 1.29 is 59.7 Å². The van der Waals surface area contributed by atoms with Crippen LogP contribution in [-0.2, 0) is 26.9 Å². The number of anilines is 1. The zero-order valence-electron chi connectivity index (χ0n) is 23.8. The number of halogens is 3. The largest absolute Gasteiger partial charge is 0.586 e. The molecule has 13 heteroatoms. The summed E-state index contributed by atoms with van der Waals surface area (Å²) in [4.78, 5) is 13.4. The summed E-state index contributed by atoms with van der Waals surface area (Å²) in [7, 11) is 0. The summed E-state index contributed by atoms with van der Waals surface area (Å²) in [5, 5.41) is 41.5. The van der Waals surface area contributed by atoms with Crippen molar-refractivity contribution in [3.05, 3.63) is 53.5 Å². The first kappa shape index (κ1) is 31.1. The van der Waals surface area contributed by atoms with Gasteiger partial charge < -0.3 is 44.5 Å². The van der Waals surface area contributed by atoms with Crippen molar-refractivity contribution in [1.82, 2.24) is 4.57 Å². The van der Waals surface area contributed by atoms with E-state index in [4.69, 9.17) is 9.84 Å². The summed E-state index contributed by atoms with van der Waals surface area (Å²) in [6.45, 7) is 3.16. The lowest BCUT2D eigenvalue weighted by Gasteiger charge is -2.28. The molecule has 10 nitrogen and oxygen atoms in total. The highest BCUT2D eigenvalue weighted by atomic mass is 19.3. The Labute approximate surface area is 253 Å². The van der Waals surface area contributed by atoms with Crippen molar-refractivity contribution in [2.45, 2.75) is 69.0 Å². The number of benzene rings is 2. The fourth-order valence-corrected chi connectivity index (χ4v) is 5.39. The summed E-state index contributed by atoms with van der Waals surface area (Å²) in [6.07, 6.45) is -4.54. The van der Waals surface area contributed by atoms with Gasteiger partial charge in [0.15, 0.2) is 11.5 Å². The van der Waals surface area contributed by atoms with Crippen LogP contribution in [0.3, 0.4) is 0 Å². The number of aliphatic hydroxyl groups is 4. The van der Waals surface area contributed by atoms with Crippen LogP contribution in [0.15, 0.2) is 36.4 Å². The Balaban J connectivity index is 0.00000442. The van der Waals surface area contributed by atoms with Gasteiger partial charge in [-0.2, -0.15) is 0 Å². The summed E-state index contributed by atoms with van der Waals surface area (Å²) >= 11 is 0. The topological polar surface area (TPSA) is 143 Å². The number of nitrogens with zero attached hydrogens (tertiary/aromatic N) is 1. The van der Waals surface area contributed by atoms with Gasteiger partial charge in [-0.05, 0) is 49.1 Å². The minimum atomic E-state index is -3.79. The van der Waals surface area contributed by atoms with Gasteiger partial charge in [0.25, 0.3) is 0 Å². The molecule has 1 fully saturated rings. The van der Waals surface area contributed by atoms with E-state index in [-0.39, 0.29) is 44.1 Å². The Morgan fingerprint density at radius 2 is 1.79 bits per heavy atom. The number of aromatic nitrogens is 1. The molecule has 0 radical (unpaired) electrons. The molecule has 1 aliphatic carbocycles. The van der Waals surface area contributed by atoms with E-state index >= 15 is 4.39 Å². The van der Waals surface area contributed by atoms with Crippen LogP contribution >= 0.6 is 0 Å². The van der Waals surface area contributed by atoms with E-state index in [2.05, 4.69) is 14.8 Å². The Hall–Kier alpha value is -3.36. The van der Waals surface area contributed by atoms with Crippen LogP contribution in [0.25, 0.3) is 10.9 Å². The lowest BCUT2D eigenvalue weighted by molar-refractivity contribution is -0.286. The molecule has 0 bridgehead atoms. The van der Waals surface area contributed by atoms with E-state index in [1.165, 1.54) is 30.3 Å². The average Bonchev–Trinajstić information content (AvgIpc) is 3.61. The van der Waals surface area contributed by atoms with Crippen LogP contribution in [-0.4, -0.2) is 75.8 Å². The molecule has 1 amide bonds. The molecule has 0 saturated heterocycles. The number of ether oxygens (including phenoxy) is 3. The Bertz CT molecular complexity index is 1530. The number of carbonyl (C=O) groups excluding carboxylic acids is 1. The molecule has 5 rings (SSSR count). The maximum atomic E-state index is 15.5. The Morgan fingerprint density at radius 3 is 2.47 bits per heavy atom. The maximum absolute atomic E-state index is 15.5. The van der Waals surface area contributed by atoms with Crippen molar-refractivity contribution >= 4 is 22.5 Å². The lowest BCUT2D eigenvalue weighted by atomic mass is 9.85. The van der Waals surface area contributed by atoms with Crippen molar-refractivity contribution in [2.24, 2.45) is 0 Å². The lowest BCUT2D eigenvalue weighted by Crippen LogP contribution is -2.29. The van der Waals surface area contributed by atoms with Crippen molar-refractivity contribution in [3.63, 3.8) is 0 Å². The molecule has 3 aromatic rings. The molecule has 5 N–H and O–H groups in total. The van der Waals surface area contributed by atoms with Gasteiger partial charge in [0.05, 0.1) is 49.1 Å². The van der Waals surface area contributed by atoms with Crippen LogP contribution in [0.2, 0.25) is 0 Å². The first-order valence-electron chi connectivity index (χ1n) is 14.0. The Morgan fingerprint density at radius 1 is 1.09 bits per heavy atom. The van der Waals surface area contributed by atoms with Crippen LogP contribution < -0.4 is 14.8 Å². The minimum Gasteiger partial charge on any atom is -0.395 e. The summed E-state index contributed by atoms with van der Waals surface area (Å²) < 4.78 is 58.7. The molecule has 1 aliphatic heterocycles. The monoisotopic (exact) mass is 618 g/mol. The molecule has 1 aromatic heterocycles. The third kappa shape index (κ3) is 6.31. The molecule has 43 heavy (non-hydrogen) atoms. The van der Waals surface area contributed by atoms with E-state index in [9.17, 15) is 28.9 Å². The zero-order chi connectivity index (χ0) is 31.2. The maximum Gasteiger partial charge on any atom is 0.586 e. The molecule has 0 spiro atoms. The number of rotatable bonds is 13. The highest BCUT2D eigenvalue weighted by molar-refractivity contribution is 6.03. The number of hydrogen-bond donors (Lipinski definition) is 5. The smallest absolute Gasteiger partial charge is 0.395 e. The number of hydrogen-bond acceptors (Lipinski definition) is 8. The quantitative estimate of drug-likeness (QED) is 0.178. The number of carbonyl (C=O) groups is 1. The molecule has 244 valence electrons. The molecular formula is C30H45F3N2O8. The predicted octanol–water partition coefficient (Wildman–Crippen LogP) is 4.39. The molecule has 1 saturated carbocycles. The van der Waals surface area contributed by atoms with Gasteiger partial charge in [-0.3, -0.25) is 4.79 Å². The first-order chi connectivity index (χ1) is 20.3. The van der Waals surface area contributed by atoms with E-state index in [1.807, 2.05) is 19.9 Å². The third-order valence-corrected chi connectivity index (χ3v) is 8.07. The molecule has 2 aromatic carbocycles. The van der Waals surface area contributed by atoms with Gasteiger partial charge in [0.1, 0.15) is 11.9 Å². The van der Waals surface area contributed by atoms with Crippen molar-refractivity contribution in [2.75, 3.05) is 31.7 Å². The number of nitrogens with one attached hydrogen (secondary N) is 1. The van der Waals surface area contributed by atoms with Gasteiger partial charge in [0, 0.05) is 36.3 Å². The normalized spacial score (nSPS) is 18.1. The fourth-order valence-electron chi connectivity index (χ4n) is 5.39. The van der Waals surface area contributed by atoms with Crippen LogP contribution in [0.4, 0.5) is 18.9 Å². The van der Waals surface area contributed by atoms with Crippen molar-refractivity contribution in [3.8, 4) is 11.5 Å². The van der Waals surface area contributed by atoms with Gasteiger partial charge in [0.2, 0.25) is 5.91 Å². The second-order valence-electron chi connectivity index (χ2n) is 11.8. The van der Waals surface area contributed by atoms with Crippen LogP contribution in [0, 0.1) is 5.82 Å². The van der Waals surface area contributed by atoms with E-state index in [0.717, 1.165) is 5.69 Å². The molecular weight excluding hydrogens is 573 g/mol. The molecule has 2 atom stereocenters. The third-order valence-electron chi connectivity index (χ3n) is 8.07. The summed E-state index contributed by atoms with van der Waals surface area (Å²) in [5.74, 6) is -1.52. The van der Waals surface area contributed by atoms with E-state index in [0.29, 0.717) is 35.7 Å². The van der Waals surface area contributed by atoms with Crippen molar-refractivity contribution in [1.29, 1.82) is 0 Å². The van der Waals surface area contributed by atoms with Gasteiger partial charge in [-0.15, -0.1) is 8.78 Å². The number of aliphatic hydroxyl groups excluding tert-OH is 4. The minimum absolute atomic E-state index is 0. The second-order valence-corrected chi connectivity index (χ2v) is 11.8. The molecule has 2 heterocycles. The SMILES string of the molecule is CC(C)(CCOC[C@@H](O)CO)c1cc2cc(NC(=O)C3(c4ccc5c(c4)OC(F)(F)O5)CC3)c(F)cc2n1C[C@@H](O)CO.[HH].[HH].[HH].[HH].[HH]. The highest BCUT2D eigenvalue weighted by Crippen LogP contribution is 2.52. The highest BCUT2D eigenvalue weighted by Gasteiger charge is 2.53. The van der Waals surface area contributed by atoms with E-state index < -0.39 is 54.3 Å². The van der Waals surface area contributed by atoms with Crippen LogP contribution in [0.1, 0.15) is 51.5 Å². The number of amides is 1. The molecule has 2 aliphatic rings. The number of alkyl halides is 2. The standard InChI is InChI=1S/C30H35F3N2O8.5H2/c1-28(2,7-8-41-16-20(39)15-37)26-10-17-9-22(21(31)12-23(17)35(26)13-19(38)14-36)34-27(40)29(5-6-29)18-3-4-24-25(11-18)43-30(32,33)42-24;;;;;/h3-4,9-12,19-20,36-39H,5-8,13-16H2,1-2H3,(H,34,40);5*1H/t19-,20+;;;;;/m1...../s1. The van der Waals surface area contributed by atoms with Gasteiger partial charge >= 0.3 is 6.29 Å². The second kappa shape index (κ2) is 11.6.